The molecule has 166 valence electrons. The van der Waals surface area contributed by atoms with Gasteiger partial charge in [-0.3, -0.25) is 0 Å². The Balaban J connectivity index is 6.22. The first-order chi connectivity index (χ1) is 12.1. The topological polar surface area (TPSA) is 26.3 Å². The van der Waals surface area contributed by atoms with Crippen LogP contribution in [0.25, 0.3) is 0 Å². The van der Waals surface area contributed by atoms with Crippen LogP contribution >= 0.6 is 0 Å². The molecule has 0 radical (unpaired) electrons. The number of carbonyl (C=O) groups excluding carboxylic acids is 1. The Morgan fingerprint density at radius 3 is 1.50 bits per heavy atom. The Morgan fingerprint density at radius 2 is 1.14 bits per heavy atom. The number of alkyl halides is 13. The highest BCUT2D eigenvalue weighted by molar-refractivity contribution is 5.87. The average molecular weight is 446 g/mol. The van der Waals surface area contributed by atoms with Crippen LogP contribution in [0.5, 0.6) is 0 Å². The van der Waals surface area contributed by atoms with Gasteiger partial charge in [-0.15, -0.1) is 0 Å². The van der Waals surface area contributed by atoms with Crippen LogP contribution in [0.1, 0.15) is 20.3 Å². The fraction of sp³-hybridized carbons (Fsp3) is 0.769. The molecule has 0 bridgehead atoms. The lowest BCUT2D eigenvalue weighted by Crippen LogP contribution is -2.69. The molecule has 0 rings (SSSR count). The fourth-order valence-corrected chi connectivity index (χ4v) is 1.51. The van der Waals surface area contributed by atoms with Gasteiger partial charge in [0.15, 0.2) is 0 Å². The highest BCUT2D eigenvalue weighted by Crippen LogP contribution is 2.60. The van der Waals surface area contributed by atoms with Crippen LogP contribution in [-0.4, -0.2) is 48.4 Å². The Labute approximate surface area is 148 Å². The first kappa shape index (κ1) is 26.3. The zero-order chi connectivity index (χ0) is 23.0. The number of ether oxygens (including phenoxy) is 1. The molecule has 0 aliphatic heterocycles. The summed E-state index contributed by atoms with van der Waals surface area (Å²) in [6, 6.07) is 0. The summed E-state index contributed by atoms with van der Waals surface area (Å²) in [4.78, 5) is 11.2. The molecule has 0 saturated carbocycles. The van der Waals surface area contributed by atoms with E-state index in [1.54, 1.807) is 0 Å². The van der Waals surface area contributed by atoms with Crippen LogP contribution in [0.4, 0.5) is 57.1 Å². The molecule has 28 heavy (non-hydrogen) atoms. The van der Waals surface area contributed by atoms with E-state index in [0.717, 1.165) is 0 Å². The summed E-state index contributed by atoms with van der Waals surface area (Å²) < 4.78 is 171. The molecule has 0 aromatic carbocycles. The molecule has 0 aromatic rings. The predicted molar refractivity (Wildman–Crippen MR) is 65.8 cm³/mol. The van der Waals surface area contributed by atoms with E-state index in [1.165, 1.54) is 6.92 Å². The van der Waals surface area contributed by atoms with Crippen LogP contribution in [0, 0.1) is 0 Å². The van der Waals surface area contributed by atoms with E-state index < -0.39 is 60.0 Å². The van der Waals surface area contributed by atoms with E-state index in [2.05, 4.69) is 4.74 Å². The minimum Gasteiger partial charge on any atom is -0.462 e. The van der Waals surface area contributed by atoms with Crippen LogP contribution in [-0.2, 0) is 9.53 Å². The molecule has 0 atom stereocenters. The van der Waals surface area contributed by atoms with Crippen molar-refractivity contribution in [3.05, 3.63) is 11.6 Å². The van der Waals surface area contributed by atoms with Crippen molar-refractivity contribution >= 4 is 5.97 Å². The Bertz CT molecular complexity index is 604. The molecule has 0 heterocycles. The maximum atomic E-state index is 13.5. The van der Waals surface area contributed by atoms with E-state index in [4.69, 9.17) is 0 Å². The summed E-state index contributed by atoms with van der Waals surface area (Å²) >= 11 is 0. The summed E-state index contributed by atoms with van der Waals surface area (Å²) in [7, 11) is 0. The number of hydrogen-bond acceptors (Lipinski definition) is 2. The zero-order valence-electron chi connectivity index (χ0n) is 13.7. The summed E-state index contributed by atoms with van der Waals surface area (Å²) in [6.07, 6.45) is -8.66. The van der Waals surface area contributed by atoms with E-state index in [9.17, 15) is 61.9 Å². The maximum Gasteiger partial charge on any atom is 0.460 e. The van der Waals surface area contributed by atoms with Crippen molar-refractivity contribution in [1.82, 2.24) is 0 Å². The van der Waals surface area contributed by atoms with Crippen molar-refractivity contribution in [1.29, 1.82) is 0 Å². The lowest BCUT2D eigenvalue weighted by Gasteiger charge is -2.39. The Hall–Kier alpha value is -1.70. The van der Waals surface area contributed by atoms with Gasteiger partial charge in [-0.2, -0.15) is 57.1 Å². The van der Waals surface area contributed by atoms with E-state index in [0.29, 0.717) is 6.92 Å². The largest absolute Gasteiger partial charge is 0.462 e. The quantitative estimate of drug-likeness (QED) is 0.275. The summed E-state index contributed by atoms with van der Waals surface area (Å²) in [6.45, 7) is 1.26. The molecule has 0 aliphatic carbocycles. The van der Waals surface area contributed by atoms with Crippen molar-refractivity contribution in [2.45, 2.75) is 56.1 Å². The first-order valence-corrected chi connectivity index (χ1v) is 6.94. The fourth-order valence-electron chi connectivity index (χ4n) is 1.51. The maximum absolute atomic E-state index is 13.5. The van der Waals surface area contributed by atoms with Crippen molar-refractivity contribution in [2.24, 2.45) is 0 Å². The Morgan fingerprint density at radius 1 is 0.750 bits per heavy atom. The van der Waals surface area contributed by atoms with Crippen LogP contribution in [0.3, 0.4) is 0 Å². The third-order valence-corrected chi connectivity index (χ3v) is 3.11. The minimum absolute atomic E-state index is 0.0996. The van der Waals surface area contributed by atoms with Crippen LogP contribution in [0.15, 0.2) is 11.6 Å². The van der Waals surface area contributed by atoms with E-state index in [-0.39, 0.29) is 6.42 Å². The SMILES string of the molecule is CCCOC(=O)C(C)=CC(F)(F)C(F)(F)C(F)(F)C(F)(F)C(F)(F)C(F)(F)F. The predicted octanol–water partition coefficient (Wildman–Crippen LogP) is 5.62. The smallest absolute Gasteiger partial charge is 0.460 e. The molecule has 15 heteroatoms. The van der Waals surface area contributed by atoms with Crippen molar-refractivity contribution in [3.63, 3.8) is 0 Å². The van der Waals surface area contributed by atoms with Gasteiger partial charge in [0.2, 0.25) is 0 Å². The molecule has 0 unspecified atom stereocenters. The summed E-state index contributed by atoms with van der Waals surface area (Å²) in [5.41, 5.74) is -1.51. The standard InChI is InChI=1S/C13H11F13O2/c1-3-4-28-7(27)6(2)5-8(14,15)9(16,17)10(18,19)11(20,21)12(22,23)13(24,25)26/h5H,3-4H2,1-2H3. The van der Waals surface area contributed by atoms with Crippen LogP contribution in [0.2, 0.25) is 0 Å². The van der Waals surface area contributed by atoms with E-state index >= 15 is 0 Å². The van der Waals surface area contributed by atoms with Gasteiger partial charge in [0.25, 0.3) is 0 Å². The van der Waals surface area contributed by atoms with Crippen LogP contribution < -0.4 is 0 Å². The van der Waals surface area contributed by atoms with Gasteiger partial charge in [-0.25, -0.2) is 4.79 Å². The molecule has 0 amide bonds. The number of allylic oxidation sites excluding steroid dienone is 1. The highest BCUT2D eigenvalue weighted by atomic mass is 19.4. The third kappa shape index (κ3) is 4.16. The molecular weight excluding hydrogens is 435 g/mol. The minimum atomic E-state index is -7.98. The van der Waals surface area contributed by atoms with Gasteiger partial charge in [0, 0.05) is 11.6 Å². The molecule has 0 aliphatic rings. The number of esters is 1. The Kier molecular flexibility index (Phi) is 7.15. The van der Waals surface area contributed by atoms with Crippen molar-refractivity contribution < 1.29 is 66.6 Å². The lowest BCUT2D eigenvalue weighted by atomic mass is 9.93. The number of halogens is 13. The lowest BCUT2D eigenvalue weighted by molar-refractivity contribution is -0.436. The molecule has 0 aromatic heterocycles. The first-order valence-electron chi connectivity index (χ1n) is 6.94. The molecule has 0 saturated heterocycles. The zero-order valence-corrected chi connectivity index (χ0v) is 13.7. The van der Waals surface area contributed by atoms with Gasteiger partial charge in [-0.05, 0) is 13.3 Å². The van der Waals surface area contributed by atoms with Gasteiger partial charge < -0.3 is 4.74 Å². The second-order valence-corrected chi connectivity index (χ2v) is 5.38. The third-order valence-electron chi connectivity index (χ3n) is 3.11. The normalized spacial score (nSPS) is 15.6. The molecule has 2 nitrogen and oxygen atoms in total. The van der Waals surface area contributed by atoms with Gasteiger partial charge in [-0.1, -0.05) is 6.92 Å². The molecule has 0 spiro atoms. The second kappa shape index (κ2) is 7.61. The number of hydrogen-bond donors (Lipinski definition) is 0. The van der Waals surface area contributed by atoms with Gasteiger partial charge in [0.05, 0.1) is 6.61 Å². The number of rotatable bonds is 8. The number of carbonyl (C=O) groups is 1. The highest BCUT2D eigenvalue weighted by Gasteiger charge is 2.90. The van der Waals surface area contributed by atoms with Gasteiger partial charge >= 0.3 is 41.8 Å². The average Bonchev–Trinajstić information content (AvgIpc) is 2.50. The monoisotopic (exact) mass is 446 g/mol. The summed E-state index contributed by atoms with van der Waals surface area (Å²) in [5, 5.41) is 0. The molecule has 0 N–H and O–H groups in total. The van der Waals surface area contributed by atoms with Crippen molar-refractivity contribution in [3.8, 4) is 0 Å². The molecular formula is C13H11F13O2. The second-order valence-electron chi connectivity index (χ2n) is 5.38. The van der Waals surface area contributed by atoms with Crippen molar-refractivity contribution in [2.75, 3.05) is 6.61 Å². The molecule has 0 fully saturated rings. The van der Waals surface area contributed by atoms with Gasteiger partial charge in [0.1, 0.15) is 0 Å². The van der Waals surface area contributed by atoms with E-state index in [1.807, 2.05) is 0 Å². The summed E-state index contributed by atoms with van der Waals surface area (Å²) in [5.74, 6) is -39.3.